The lowest BCUT2D eigenvalue weighted by Gasteiger charge is -2.07. The van der Waals surface area contributed by atoms with Gasteiger partial charge in [0.15, 0.2) is 0 Å². The summed E-state index contributed by atoms with van der Waals surface area (Å²) in [4.78, 5) is 8.92. The Kier molecular flexibility index (Phi) is 2.02. The highest BCUT2D eigenvalue weighted by Gasteiger charge is 2.41. The molecule has 2 aliphatic rings. The van der Waals surface area contributed by atoms with Crippen molar-refractivity contribution in [2.45, 2.75) is 50.6 Å². The average Bonchev–Trinajstić information content (AvgIpc) is 3.13. The third kappa shape index (κ3) is 2.02. The van der Waals surface area contributed by atoms with Crippen molar-refractivity contribution in [1.29, 1.82) is 0 Å². The molecule has 0 atom stereocenters. The molecule has 1 N–H and O–H groups in total. The molecule has 0 spiro atoms. The molecule has 3 heteroatoms. The molecule has 3 nitrogen and oxygen atoms in total. The minimum atomic E-state index is 0.294. The topological polar surface area (TPSA) is 37.8 Å². The van der Waals surface area contributed by atoms with Crippen LogP contribution in [0.15, 0.2) is 12.4 Å². The minimum absolute atomic E-state index is 0.294. The monoisotopic (exact) mass is 203 g/mol. The predicted octanol–water partition coefficient (Wildman–Crippen LogP) is 1.78. The smallest absolute Gasteiger partial charge is 0.134 e. The van der Waals surface area contributed by atoms with Gasteiger partial charge < -0.3 is 5.32 Å². The maximum absolute atomic E-state index is 4.46. The molecule has 3 rings (SSSR count). The van der Waals surface area contributed by atoms with E-state index in [4.69, 9.17) is 0 Å². The summed E-state index contributed by atoms with van der Waals surface area (Å²) in [5.74, 6) is 1.03. The first kappa shape index (κ1) is 9.28. The zero-order valence-electron chi connectivity index (χ0n) is 9.16. The Hall–Kier alpha value is -0.960. The lowest BCUT2D eigenvalue weighted by Crippen LogP contribution is -2.16. The lowest BCUT2D eigenvalue weighted by atomic mass is 10.1. The van der Waals surface area contributed by atoms with Gasteiger partial charge in [0.25, 0.3) is 0 Å². The van der Waals surface area contributed by atoms with Crippen molar-refractivity contribution in [3.63, 3.8) is 0 Å². The van der Waals surface area contributed by atoms with Gasteiger partial charge in [-0.25, -0.2) is 9.97 Å². The van der Waals surface area contributed by atoms with Crippen LogP contribution < -0.4 is 5.32 Å². The molecule has 0 aromatic carbocycles. The Morgan fingerprint density at radius 3 is 2.53 bits per heavy atom. The average molecular weight is 203 g/mol. The third-order valence-corrected chi connectivity index (χ3v) is 3.42. The van der Waals surface area contributed by atoms with E-state index in [2.05, 4.69) is 22.2 Å². The molecule has 0 unspecified atom stereocenters. The summed E-state index contributed by atoms with van der Waals surface area (Å²) >= 11 is 0. The van der Waals surface area contributed by atoms with Gasteiger partial charge in [0, 0.05) is 36.0 Å². The van der Waals surface area contributed by atoms with Crippen LogP contribution in [0.25, 0.3) is 0 Å². The van der Waals surface area contributed by atoms with Crippen LogP contribution in [0.5, 0.6) is 0 Å². The van der Waals surface area contributed by atoms with Gasteiger partial charge in [-0.2, -0.15) is 0 Å². The van der Waals surface area contributed by atoms with Crippen LogP contribution in [0, 0.1) is 0 Å². The number of aromatic nitrogens is 2. The van der Waals surface area contributed by atoms with Crippen molar-refractivity contribution in [3.8, 4) is 0 Å². The van der Waals surface area contributed by atoms with Crippen molar-refractivity contribution < 1.29 is 0 Å². The fraction of sp³-hybridized carbons (Fsp3) is 0.667. The zero-order valence-corrected chi connectivity index (χ0v) is 9.16. The van der Waals surface area contributed by atoms with Gasteiger partial charge in [0.2, 0.25) is 0 Å². The maximum Gasteiger partial charge on any atom is 0.134 e. The van der Waals surface area contributed by atoms with Crippen LogP contribution in [0.1, 0.15) is 44.0 Å². The quantitative estimate of drug-likeness (QED) is 0.810. The summed E-state index contributed by atoms with van der Waals surface area (Å²) < 4.78 is 0. The molecule has 2 fully saturated rings. The molecule has 2 aliphatic carbocycles. The Morgan fingerprint density at radius 2 is 2.00 bits per heavy atom. The van der Waals surface area contributed by atoms with Crippen LogP contribution in [-0.4, -0.2) is 16.0 Å². The first-order valence-corrected chi connectivity index (χ1v) is 5.81. The molecular weight excluding hydrogens is 186 g/mol. The van der Waals surface area contributed by atoms with Crippen LogP contribution >= 0.6 is 0 Å². The van der Waals surface area contributed by atoms with Crippen LogP contribution in [0.3, 0.4) is 0 Å². The molecule has 1 aromatic heterocycles. The molecule has 2 saturated carbocycles. The number of hydrogen-bond acceptors (Lipinski definition) is 3. The van der Waals surface area contributed by atoms with E-state index in [-0.39, 0.29) is 0 Å². The molecule has 0 amide bonds. The van der Waals surface area contributed by atoms with Gasteiger partial charge in [-0.3, -0.25) is 0 Å². The van der Waals surface area contributed by atoms with Gasteiger partial charge in [-0.15, -0.1) is 0 Å². The molecule has 0 bridgehead atoms. The van der Waals surface area contributed by atoms with E-state index in [1.807, 2.05) is 12.4 Å². The predicted molar refractivity (Wildman–Crippen MR) is 58.5 cm³/mol. The van der Waals surface area contributed by atoms with Crippen LogP contribution in [0.2, 0.25) is 0 Å². The Labute approximate surface area is 90.3 Å². The maximum atomic E-state index is 4.46. The molecule has 0 aliphatic heterocycles. The summed E-state index contributed by atoms with van der Waals surface area (Å²) in [6.45, 7) is 3.16. The van der Waals surface area contributed by atoms with Crippen molar-refractivity contribution in [1.82, 2.24) is 15.3 Å². The Bertz CT molecular complexity index is 350. The minimum Gasteiger partial charge on any atom is -0.310 e. The lowest BCUT2D eigenvalue weighted by molar-refractivity contribution is 0.668. The summed E-state index contributed by atoms with van der Waals surface area (Å²) in [6, 6.07) is 0.755. The third-order valence-electron chi connectivity index (χ3n) is 3.42. The largest absolute Gasteiger partial charge is 0.310 e. The summed E-state index contributed by atoms with van der Waals surface area (Å²) in [7, 11) is 0. The van der Waals surface area contributed by atoms with E-state index in [0.717, 1.165) is 18.4 Å². The normalized spacial score (nSPS) is 22.7. The summed E-state index contributed by atoms with van der Waals surface area (Å²) in [5.41, 5.74) is 1.50. The molecule has 15 heavy (non-hydrogen) atoms. The fourth-order valence-corrected chi connectivity index (χ4v) is 1.72. The van der Waals surface area contributed by atoms with E-state index in [9.17, 15) is 0 Å². The summed E-state index contributed by atoms with van der Waals surface area (Å²) in [6.07, 6.45) is 9.09. The highest BCUT2D eigenvalue weighted by Crippen LogP contribution is 2.45. The van der Waals surface area contributed by atoms with Gasteiger partial charge in [-0.1, -0.05) is 6.92 Å². The highest BCUT2D eigenvalue weighted by molar-refractivity contribution is 5.17. The van der Waals surface area contributed by atoms with E-state index < -0.39 is 0 Å². The standard InChI is InChI=1S/C12H17N3/c1-12(4-5-12)11-14-7-9(8-15-11)6-13-10-2-3-10/h7-8,10,13H,2-6H2,1H3. The van der Waals surface area contributed by atoms with E-state index >= 15 is 0 Å². The second-order valence-electron chi connectivity index (χ2n) is 5.13. The molecule has 0 radical (unpaired) electrons. The molecular formula is C12H17N3. The molecule has 1 aromatic rings. The van der Waals surface area contributed by atoms with Crippen molar-refractivity contribution in [3.05, 3.63) is 23.8 Å². The van der Waals surface area contributed by atoms with Crippen molar-refractivity contribution >= 4 is 0 Å². The fourth-order valence-electron chi connectivity index (χ4n) is 1.72. The van der Waals surface area contributed by atoms with Gasteiger partial charge in [0.1, 0.15) is 5.82 Å². The first-order valence-electron chi connectivity index (χ1n) is 5.81. The molecule has 1 heterocycles. The first-order chi connectivity index (χ1) is 7.26. The molecule has 80 valence electrons. The SMILES string of the molecule is CC1(c2ncc(CNC3CC3)cn2)CC1. The number of hydrogen-bond donors (Lipinski definition) is 1. The van der Waals surface area contributed by atoms with E-state index in [1.165, 1.54) is 31.2 Å². The van der Waals surface area contributed by atoms with Gasteiger partial charge >= 0.3 is 0 Å². The summed E-state index contributed by atoms with van der Waals surface area (Å²) in [5, 5.41) is 3.47. The van der Waals surface area contributed by atoms with Gasteiger partial charge in [-0.05, 0) is 25.7 Å². The van der Waals surface area contributed by atoms with Crippen molar-refractivity contribution in [2.75, 3.05) is 0 Å². The number of rotatable bonds is 4. The number of nitrogens with zero attached hydrogens (tertiary/aromatic N) is 2. The zero-order chi connectivity index (χ0) is 10.3. The van der Waals surface area contributed by atoms with Crippen LogP contribution in [0.4, 0.5) is 0 Å². The Morgan fingerprint density at radius 1 is 1.33 bits per heavy atom. The highest BCUT2D eigenvalue weighted by atomic mass is 15.0. The van der Waals surface area contributed by atoms with E-state index in [1.54, 1.807) is 0 Å². The second-order valence-corrected chi connectivity index (χ2v) is 5.13. The second kappa shape index (κ2) is 3.27. The van der Waals surface area contributed by atoms with Gasteiger partial charge in [0.05, 0.1) is 0 Å². The van der Waals surface area contributed by atoms with Crippen molar-refractivity contribution in [2.24, 2.45) is 0 Å². The molecule has 0 saturated heterocycles. The van der Waals surface area contributed by atoms with E-state index in [0.29, 0.717) is 5.41 Å². The number of nitrogens with one attached hydrogen (secondary N) is 1. The van der Waals surface area contributed by atoms with Crippen LogP contribution in [-0.2, 0) is 12.0 Å². The Balaban J connectivity index is 1.64.